The van der Waals surface area contributed by atoms with Crippen molar-refractivity contribution in [1.29, 1.82) is 0 Å². The second-order valence-electron chi connectivity index (χ2n) is 7.89. The number of fused-ring (bicyclic) bond motifs is 1. The molecule has 0 radical (unpaired) electrons. The fraction of sp³-hybridized carbons (Fsp3) is 0.208. The average molecular weight is 420 g/mol. The molecule has 0 aliphatic heterocycles. The van der Waals surface area contributed by atoms with E-state index in [0.717, 1.165) is 10.8 Å². The van der Waals surface area contributed by atoms with Gasteiger partial charge in [-0.2, -0.15) is 0 Å². The molecule has 2 amide bonds. The fourth-order valence-corrected chi connectivity index (χ4v) is 2.82. The number of amides is 2. The second kappa shape index (κ2) is 9.30. The van der Waals surface area contributed by atoms with Gasteiger partial charge in [-0.25, -0.2) is 9.59 Å². The maximum absolute atomic E-state index is 12.3. The number of carbonyl (C=O) groups is 3. The molecule has 7 nitrogen and oxygen atoms in total. The van der Waals surface area contributed by atoms with Crippen LogP contribution in [-0.2, 0) is 14.3 Å². The van der Waals surface area contributed by atoms with Gasteiger partial charge >= 0.3 is 12.1 Å². The molecule has 3 aromatic rings. The summed E-state index contributed by atoms with van der Waals surface area (Å²) in [5.41, 5.74) is 0.554. The van der Waals surface area contributed by atoms with E-state index in [1.807, 2.05) is 36.4 Å². The van der Waals surface area contributed by atoms with Crippen molar-refractivity contribution in [1.82, 2.24) is 0 Å². The summed E-state index contributed by atoms with van der Waals surface area (Å²) < 4.78 is 10.3. The van der Waals surface area contributed by atoms with E-state index in [-0.39, 0.29) is 5.56 Å². The van der Waals surface area contributed by atoms with Gasteiger partial charge in [-0.3, -0.25) is 10.1 Å². The van der Waals surface area contributed by atoms with Gasteiger partial charge in [0, 0.05) is 11.4 Å². The smallest absolute Gasteiger partial charge is 0.412 e. The van der Waals surface area contributed by atoms with E-state index >= 15 is 0 Å². The number of carbonyl (C=O) groups excluding carboxylic acids is 3. The molecule has 0 aliphatic rings. The van der Waals surface area contributed by atoms with Crippen molar-refractivity contribution in [3.8, 4) is 0 Å². The van der Waals surface area contributed by atoms with Crippen molar-refractivity contribution < 1.29 is 23.9 Å². The van der Waals surface area contributed by atoms with E-state index in [4.69, 9.17) is 9.47 Å². The van der Waals surface area contributed by atoms with Crippen LogP contribution in [0.5, 0.6) is 0 Å². The van der Waals surface area contributed by atoms with Crippen LogP contribution in [0.25, 0.3) is 10.8 Å². The van der Waals surface area contributed by atoms with Crippen LogP contribution in [0, 0.1) is 0 Å². The molecule has 3 aromatic carbocycles. The van der Waals surface area contributed by atoms with E-state index in [0.29, 0.717) is 11.4 Å². The molecule has 160 valence electrons. The molecule has 0 heterocycles. The fourth-order valence-electron chi connectivity index (χ4n) is 2.82. The molecule has 0 bridgehead atoms. The zero-order chi connectivity index (χ0) is 22.4. The SMILES string of the molecule is CC(C)(C)OC(=O)Nc1cccc(C(=O)OCC(=O)Nc2ccc3ccccc3c2)c1. The van der Waals surface area contributed by atoms with Crippen LogP contribution >= 0.6 is 0 Å². The minimum atomic E-state index is -0.679. The summed E-state index contributed by atoms with van der Waals surface area (Å²) in [7, 11) is 0. The van der Waals surface area contributed by atoms with Crippen molar-refractivity contribution in [2.75, 3.05) is 17.2 Å². The van der Waals surface area contributed by atoms with Crippen LogP contribution in [0.3, 0.4) is 0 Å². The Morgan fingerprint density at radius 1 is 0.806 bits per heavy atom. The summed E-state index contributed by atoms with van der Waals surface area (Å²) in [5.74, 6) is -1.13. The summed E-state index contributed by atoms with van der Waals surface area (Å²) in [6.07, 6.45) is -0.632. The Morgan fingerprint density at radius 3 is 2.26 bits per heavy atom. The standard InChI is InChI=1S/C24H24N2O5/c1-24(2,3)31-23(29)26-19-10-6-9-18(14-19)22(28)30-15-21(27)25-20-12-11-16-7-4-5-8-17(16)13-20/h4-14H,15H2,1-3H3,(H,25,27)(H,26,29). The van der Waals surface area contributed by atoms with Gasteiger partial charge in [0.2, 0.25) is 0 Å². The van der Waals surface area contributed by atoms with E-state index in [1.54, 1.807) is 39.0 Å². The number of ether oxygens (including phenoxy) is 2. The summed E-state index contributed by atoms with van der Waals surface area (Å²) in [4.78, 5) is 36.3. The molecule has 0 atom stereocenters. The van der Waals surface area contributed by atoms with Gasteiger partial charge in [0.15, 0.2) is 6.61 Å². The maximum Gasteiger partial charge on any atom is 0.412 e. The minimum Gasteiger partial charge on any atom is -0.452 e. The third kappa shape index (κ3) is 6.57. The van der Waals surface area contributed by atoms with Gasteiger partial charge in [0.1, 0.15) is 5.60 Å². The molecule has 2 N–H and O–H groups in total. The van der Waals surface area contributed by atoms with E-state index in [2.05, 4.69) is 10.6 Å². The predicted octanol–water partition coefficient (Wildman–Crippen LogP) is 4.98. The Hall–Kier alpha value is -3.87. The molecule has 3 rings (SSSR count). The molecule has 0 aromatic heterocycles. The highest BCUT2D eigenvalue weighted by Gasteiger charge is 2.17. The average Bonchev–Trinajstić information content (AvgIpc) is 2.70. The van der Waals surface area contributed by atoms with Crippen LogP contribution in [0.15, 0.2) is 66.7 Å². The number of benzene rings is 3. The third-order valence-electron chi connectivity index (χ3n) is 4.11. The molecule has 31 heavy (non-hydrogen) atoms. The van der Waals surface area contributed by atoms with Crippen LogP contribution in [0.4, 0.5) is 16.2 Å². The monoisotopic (exact) mass is 420 g/mol. The van der Waals surface area contributed by atoms with Gasteiger partial charge in [0.05, 0.1) is 5.56 Å². The number of hydrogen-bond acceptors (Lipinski definition) is 5. The molecular weight excluding hydrogens is 396 g/mol. The first-order chi connectivity index (χ1) is 14.7. The van der Waals surface area contributed by atoms with Crippen LogP contribution in [-0.4, -0.2) is 30.2 Å². The zero-order valence-corrected chi connectivity index (χ0v) is 17.6. The quantitative estimate of drug-likeness (QED) is 0.568. The molecule has 0 unspecified atom stereocenters. The Bertz CT molecular complexity index is 1120. The van der Waals surface area contributed by atoms with Crippen molar-refractivity contribution >= 4 is 40.1 Å². The minimum absolute atomic E-state index is 0.201. The summed E-state index contributed by atoms with van der Waals surface area (Å²) in [6.45, 7) is 4.82. The molecule has 0 saturated heterocycles. The van der Waals surface area contributed by atoms with Crippen molar-refractivity contribution in [2.45, 2.75) is 26.4 Å². The van der Waals surface area contributed by atoms with Crippen molar-refractivity contribution in [2.24, 2.45) is 0 Å². The Kier molecular flexibility index (Phi) is 6.55. The first-order valence-corrected chi connectivity index (χ1v) is 9.75. The molecule has 0 fully saturated rings. The van der Waals surface area contributed by atoms with E-state index < -0.39 is 30.2 Å². The van der Waals surface area contributed by atoms with Gasteiger partial charge < -0.3 is 14.8 Å². The molecule has 0 saturated carbocycles. The number of nitrogens with one attached hydrogen (secondary N) is 2. The van der Waals surface area contributed by atoms with Gasteiger partial charge in [-0.15, -0.1) is 0 Å². The lowest BCUT2D eigenvalue weighted by molar-refractivity contribution is -0.119. The predicted molar refractivity (Wildman–Crippen MR) is 119 cm³/mol. The first kappa shape index (κ1) is 21.8. The summed E-state index contributed by atoms with van der Waals surface area (Å²) in [5, 5.41) is 7.32. The highest BCUT2D eigenvalue weighted by atomic mass is 16.6. The number of rotatable bonds is 5. The number of esters is 1. The lowest BCUT2D eigenvalue weighted by Gasteiger charge is -2.19. The summed E-state index contributed by atoms with van der Waals surface area (Å²) >= 11 is 0. The Balaban J connectivity index is 1.55. The molecule has 7 heteroatoms. The third-order valence-corrected chi connectivity index (χ3v) is 4.11. The van der Waals surface area contributed by atoms with Gasteiger partial charge in [-0.1, -0.05) is 36.4 Å². The number of hydrogen-bond donors (Lipinski definition) is 2. The zero-order valence-electron chi connectivity index (χ0n) is 17.6. The summed E-state index contributed by atoms with van der Waals surface area (Å²) in [6, 6.07) is 19.5. The molecule has 0 spiro atoms. The maximum atomic E-state index is 12.3. The van der Waals surface area contributed by atoms with Gasteiger partial charge in [0.25, 0.3) is 5.91 Å². The lowest BCUT2D eigenvalue weighted by atomic mass is 10.1. The molecular formula is C24H24N2O5. The van der Waals surface area contributed by atoms with Crippen molar-refractivity contribution in [3.63, 3.8) is 0 Å². The van der Waals surface area contributed by atoms with Gasteiger partial charge in [-0.05, 0) is 61.9 Å². The molecule has 0 aliphatic carbocycles. The van der Waals surface area contributed by atoms with Crippen LogP contribution in [0.1, 0.15) is 31.1 Å². The van der Waals surface area contributed by atoms with Crippen molar-refractivity contribution in [3.05, 3.63) is 72.3 Å². The van der Waals surface area contributed by atoms with Crippen LogP contribution < -0.4 is 10.6 Å². The highest BCUT2D eigenvalue weighted by Crippen LogP contribution is 2.19. The Morgan fingerprint density at radius 2 is 1.52 bits per heavy atom. The Labute approximate surface area is 180 Å². The second-order valence-corrected chi connectivity index (χ2v) is 7.89. The van der Waals surface area contributed by atoms with E-state index in [9.17, 15) is 14.4 Å². The topological polar surface area (TPSA) is 93.7 Å². The lowest BCUT2D eigenvalue weighted by Crippen LogP contribution is -2.27. The largest absolute Gasteiger partial charge is 0.452 e. The highest BCUT2D eigenvalue weighted by molar-refractivity contribution is 5.98. The normalized spacial score (nSPS) is 10.9. The van der Waals surface area contributed by atoms with E-state index in [1.165, 1.54) is 12.1 Å². The first-order valence-electron chi connectivity index (χ1n) is 9.75. The number of anilines is 2. The van der Waals surface area contributed by atoms with Crippen LogP contribution in [0.2, 0.25) is 0 Å².